The Morgan fingerprint density at radius 1 is 0.960 bits per heavy atom. The quantitative estimate of drug-likeness (QED) is 0.409. The minimum atomic E-state index is -1.04. The maximum Gasteiger partial charge on any atom is 0.256 e. The van der Waals surface area contributed by atoms with Crippen LogP contribution in [-0.4, -0.2) is 22.2 Å². The van der Waals surface area contributed by atoms with Gasteiger partial charge in [0.15, 0.2) is 4.84 Å². The molecule has 0 aliphatic rings. The first-order valence-electron chi connectivity index (χ1n) is 8.43. The van der Waals surface area contributed by atoms with E-state index in [0.717, 1.165) is 16.3 Å². The topological polar surface area (TPSA) is 20.3 Å². The van der Waals surface area contributed by atoms with E-state index in [1.54, 1.807) is 4.90 Å². The zero-order valence-corrected chi connectivity index (χ0v) is 15.9. The molecule has 4 heteroatoms. The predicted molar refractivity (Wildman–Crippen MR) is 107 cm³/mol. The number of carbonyl (C=O) groups excluding carboxylic acids is 1. The van der Waals surface area contributed by atoms with Crippen LogP contribution in [0.2, 0.25) is 0 Å². The monoisotopic (exact) mass is 373 g/mol. The van der Waals surface area contributed by atoms with Crippen LogP contribution in [0.25, 0.3) is 21.5 Å². The summed E-state index contributed by atoms with van der Waals surface area (Å²) in [5, 5.41) is 4.65. The van der Waals surface area contributed by atoms with E-state index in [4.69, 9.17) is 23.2 Å². The Hall–Kier alpha value is -1.77. The number of benzene rings is 3. The van der Waals surface area contributed by atoms with Crippen LogP contribution in [0.3, 0.4) is 0 Å². The summed E-state index contributed by atoms with van der Waals surface area (Å²) >= 11 is 11.8. The maximum atomic E-state index is 12.5. The van der Waals surface area contributed by atoms with E-state index in [1.807, 2.05) is 24.3 Å². The molecule has 0 atom stereocenters. The summed E-state index contributed by atoms with van der Waals surface area (Å²) in [5.41, 5.74) is 1.14. The van der Waals surface area contributed by atoms with Gasteiger partial charge in [0.25, 0.3) is 5.91 Å². The molecule has 0 heterocycles. The van der Waals surface area contributed by atoms with Crippen LogP contribution in [0.5, 0.6) is 0 Å². The van der Waals surface area contributed by atoms with E-state index in [9.17, 15) is 4.79 Å². The summed E-state index contributed by atoms with van der Waals surface area (Å²) < 4.78 is 0. The van der Waals surface area contributed by atoms with Crippen molar-refractivity contribution in [3.8, 4) is 0 Å². The largest absolute Gasteiger partial charge is 0.336 e. The normalized spacial score (nSPS) is 11.6. The Labute approximate surface area is 158 Å². The molecule has 0 bridgehead atoms. The molecule has 3 aromatic carbocycles. The zero-order chi connectivity index (χ0) is 18.0. The van der Waals surface area contributed by atoms with Gasteiger partial charge in [-0.05, 0) is 39.1 Å². The second kappa shape index (κ2) is 7.63. The molecule has 0 N–H and O–H groups in total. The van der Waals surface area contributed by atoms with Gasteiger partial charge >= 0.3 is 0 Å². The van der Waals surface area contributed by atoms with Crippen molar-refractivity contribution in [3.05, 3.63) is 60.2 Å². The Balaban J connectivity index is 2.15. The number of halogens is 2. The number of rotatable bonds is 5. The maximum absolute atomic E-state index is 12.5. The molecule has 0 fully saturated rings. The van der Waals surface area contributed by atoms with Crippen molar-refractivity contribution in [1.29, 1.82) is 0 Å². The molecule has 0 saturated heterocycles. The molecule has 0 spiro atoms. The fraction of sp³-hybridized carbons (Fsp3) is 0.286. The summed E-state index contributed by atoms with van der Waals surface area (Å²) in [7, 11) is 0. The average Bonchev–Trinajstić information content (AvgIpc) is 2.59. The van der Waals surface area contributed by atoms with Crippen molar-refractivity contribution in [3.63, 3.8) is 0 Å². The summed E-state index contributed by atoms with van der Waals surface area (Å²) in [6, 6.07) is 18.7. The molecule has 0 radical (unpaired) electrons. The summed E-state index contributed by atoms with van der Waals surface area (Å²) in [6.07, 6.45) is 0. The first-order chi connectivity index (χ1) is 12.0. The van der Waals surface area contributed by atoms with Gasteiger partial charge in [-0.15, -0.1) is 0 Å². The van der Waals surface area contributed by atoms with Crippen molar-refractivity contribution < 1.29 is 4.79 Å². The molecule has 0 aliphatic carbocycles. The van der Waals surface area contributed by atoms with Crippen molar-refractivity contribution in [2.45, 2.75) is 25.2 Å². The molecule has 2 nitrogen and oxygen atoms in total. The van der Waals surface area contributed by atoms with E-state index >= 15 is 0 Å². The number of amides is 1. The van der Waals surface area contributed by atoms with Crippen molar-refractivity contribution in [1.82, 2.24) is 4.90 Å². The van der Waals surface area contributed by atoms with E-state index in [2.05, 4.69) is 44.2 Å². The smallest absolute Gasteiger partial charge is 0.256 e. The number of nitrogens with zero attached hydrogens (tertiary/aromatic N) is 1. The lowest BCUT2D eigenvalue weighted by Gasteiger charge is -2.26. The van der Waals surface area contributed by atoms with Gasteiger partial charge in [-0.2, -0.15) is 0 Å². The third-order valence-corrected chi connectivity index (χ3v) is 4.69. The minimum absolute atomic E-state index is 0.242. The fourth-order valence-corrected chi connectivity index (χ4v) is 3.56. The summed E-state index contributed by atoms with van der Waals surface area (Å²) in [5.74, 6) is 0.0892. The zero-order valence-electron chi connectivity index (χ0n) is 14.4. The highest BCUT2D eigenvalue weighted by Gasteiger charge is 2.22. The van der Waals surface area contributed by atoms with E-state index in [-0.39, 0.29) is 5.91 Å². The van der Waals surface area contributed by atoms with Crippen LogP contribution < -0.4 is 0 Å². The lowest BCUT2D eigenvalue weighted by molar-refractivity contribution is -0.130. The first-order valence-corrected chi connectivity index (χ1v) is 9.31. The van der Waals surface area contributed by atoms with Gasteiger partial charge in [0, 0.05) is 13.1 Å². The molecule has 0 unspecified atom stereocenters. The second-order valence-corrected chi connectivity index (χ2v) is 7.81. The first kappa shape index (κ1) is 18.0. The van der Waals surface area contributed by atoms with Gasteiger partial charge in [-0.25, -0.2) is 0 Å². The van der Waals surface area contributed by atoms with Gasteiger partial charge in [0.1, 0.15) is 0 Å². The molecule has 3 rings (SSSR count). The van der Waals surface area contributed by atoms with Crippen LogP contribution in [-0.2, 0) is 11.3 Å². The lowest BCUT2D eigenvalue weighted by atomic mass is 9.96. The van der Waals surface area contributed by atoms with Crippen LogP contribution >= 0.6 is 23.2 Å². The number of carbonyl (C=O) groups is 1. The number of hydrogen-bond donors (Lipinski definition) is 0. The van der Waals surface area contributed by atoms with Crippen molar-refractivity contribution in [2.24, 2.45) is 5.92 Å². The molecule has 3 aromatic rings. The SMILES string of the molecule is CC(C)CN(Cc1c2ccccc2cc2ccccc12)C(=O)C(Cl)Cl. The minimum Gasteiger partial charge on any atom is -0.336 e. The third-order valence-electron chi connectivity index (χ3n) is 4.32. The molecule has 0 aromatic heterocycles. The Bertz CT molecular complexity index is 851. The molecular formula is C21H21Cl2NO. The summed E-state index contributed by atoms with van der Waals surface area (Å²) in [6.45, 7) is 5.28. The van der Waals surface area contributed by atoms with E-state index in [0.29, 0.717) is 19.0 Å². The third kappa shape index (κ3) is 3.91. The number of alkyl halides is 2. The van der Waals surface area contributed by atoms with Gasteiger partial charge in [0.2, 0.25) is 0 Å². The van der Waals surface area contributed by atoms with E-state index < -0.39 is 4.84 Å². The number of fused-ring (bicyclic) bond motifs is 2. The van der Waals surface area contributed by atoms with Crippen LogP contribution in [0.1, 0.15) is 19.4 Å². The lowest BCUT2D eigenvalue weighted by Crippen LogP contribution is -2.37. The molecule has 25 heavy (non-hydrogen) atoms. The molecule has 0 saturated carbocycles. The van der Waals surface area contributed by atoms with Crippen molar-refractivity contribution >= 4 is 50.7 Å². The van der Waals surface area contributed by atoms with Gasteiger partial charge in [-0.1, -0.05) is 85.6 Å². The Morgan fingerprint density at radius 3 is 1.96 bits per heavy atom. The fourth-order valence-electron chi connectivity index (χ4n) is 3.28. The molecule has 0 aliphatic heterocycles. The summed E-state index contributed by atoms with van der Waals surface area (Å²) in [4.78, 5) is 13.2. The van der Waals surface area contributed by atoms with Gasteiger partial charge in [0.05, 0.1) is 0 Å². The Morgan fingerprint density at radius 2 is 1.48 bits per heavy atom. The van der Waals surface area contributed by atoms with Crippen LogP contribution in [0.4, 0.5) is 0 Å². The predicted octanol–water partition coefficient (Wildman–Crippen LogP) is 5.78. The van der Waals surface area contributed by atoms with Crippen LogP contribution in [0, 0.1) is 5.92 Å². The molecule has 1 amide bonds. The number of hydrogen-bond acceptors (Lipinski definition) is 1. The van der Waals surface area contributed by atoms with E-state index in [1.165, 1.54) is 10.8 Å². The van der Waals surface area contributed by atoms with Gasteiger partial charge in [-0.3, -0.25) is 4.79 Å². The Kier molecular flexibility index (Phi) is 5.51. The van der Waals surface area contributed by atoms with Gasteiger partial charge < -0.3 is 4.90 Å². The average molecular weight is 374 g/mol. The standard InChI is InChI=1S/C21H21Cl2NO/c1-14(2)12-24(21(25)20(22)23)13-19-17-9-5-3-7-15(17)11-16-8-4-6-10-18(16)19/h3-11,14,20H,12-13H2,1-2H3. The highest BCUT2D eigenvalue weighted by molar-refractivity contribution is 6.53. The van der Waals surface area contributed by atoms with Crippen molar-refractivity contribution in [2.75, 3.05) is 6.54 Å². The second-order valence-electron chi connectivity index (χ2n) is 6.71. The molecular weight excluding hydrogens is 353 g/mol. The van der Waals surface area contributed by atoms with Crippen LogP contribution in [0.15, 0.2) is 54.6 Å². The highest BCUT2D eigenvalue weighted by Crippen LogP contribution is 2.30. The highest BCUT2D eigenvalue weighted by atomic mass is 35.5. The molecule has 130 valence electrons.